The molecule has 1 saturated carbocycles. The Labute approximate surface area is 119 Å². The summed E-state index contributed by atoms with van der Waals surface area (Å²) in [5, 5.41) is 21.2. The zero-order valence-electron chi connectivity index (χ0n) is 12.7. The Hall–Kier alpha value is -1.14. The molecule has 1 fully saturated rings. The highest BCUT2D eigenvalue weighted by atomic mass is 16.6. The minimum Gasteiger partial charge on any atom is -0.455 e. The molecule has 0 bridgehead atoms. The maximum atomic E-state index is 11.3. The van der Waals surface area contributed by atoms with Crippen molar-refractivity contribution in [3.8, 4) is 0 Å². The monoisotopic (exact) mass is 288 g/mol. The summed E-state index contributed by atoms with van der Waals surface area (Å²) in [6.07, 6.45) is -1.68. The van der Waals surface area contributed by atoms with Gasteiger partial charge >= 0.3 is 11.9 Å². The van der Waals surface area contributed by atoms with Crippen LogP contribution in [0.2, 0.25) is 0 Å². The van der Waals surface area contributed by atoms with E-state index in [1.165, 1.54) is 20.8 Å². The summed E-state index contributed by atoms with van der Waals surface area (Å²) in [5.74, 6) is -1.41. The first-order chi connectivity index (χ1) is 9.00. The second kappa shape index (κ2) is 5.69. The summed E-state index contributed by atoms with van der Waals surface area (Å²) in [6.45, 7) is 7.53. The van der Waals surface area contributed by atoms with Gasteiger partial charge in [-0.25, -0.2) is 0 Å². The molecule has 4 atom stereocenters. The quantitative estimate of drug-likeness (QED) is 0.746. The van der Waals surface area contributed by atoms with E-state index >= 15 is 0 Å². The maximum absolute atomic E-state index is 11.3. The molecular formula is C14H24O6. The van der Waals surface area contributed by atoms with Crippen molar-refractivity contribution in [1.29, 1.82) is 0 Å². The van der Waals surface area contributed by atoms with E-state index in [1.54, 1.807) is 13.8 Å². The predicted octanol–water partition coefficient (Wildman–Crippen LogP) is 0.782. The number of hydrogen-bond donors (Lipinski definition) is 2. The van der Waals surface area contributed by atoms with E-state index in [1.807, 2.05) is 0 Å². The molecule has 6 heteroatoms. The molecule has 20 heavy (non-hydrogen) atoms. The second-order valence-electron chi connectivity index (χ2n) is 6.06. The summed E-state index contributed by atoms with van der Waals surface area (Å²) >= 11 is 0. The van der Waals surface area contributed by atoms with Crippen LogP contribution in [0.5, 0.6) is 0 Å². The summed E-state index contributed by atoms with van der Waals surface area (Å²) in [4.78, 5) is 22.6. The molecule has 2 N–H and O–H groups in total. The van der Waals surface area contributed by atoms with E-state index in [0.29, 0.717) is 0 Å². The standard InChI is InChI=1S/C14H24O6/c1-8(2)14(18)7-6-13(5,17)11(19-9(3)15)12(14)20-10(4)16/h8,11-12,17-18H,6-7H2,1-5H3/t11-,12-,13+,14-/m0/s1. The van der Waals surface area contributed by atoms with Crippen molar-refractivity contribution in [2.24, 2.45) is 5.92 Å². The molecule has 1 aliphatic carbocycles. The molecule has 1 rings (SSSR count). The van der Waals surface area contributed by atoms with E-state index < -0.39 is 35.3 Å². The average Bonchev–Trinajstić information content (AvgIpc) is 2.28. The molecule has 0 radical (unpaired) electrons. The molecule has 0 aromatic carbocycles. The smallest absolute Gasteiger partial charge is 0.303 e. The van der Waals surface area contributed by atoms with Crippen LogP contribution in [0, 0.1) is 5.92 Å². The maximum Gasteiger partial charge on any atom is 0.303 e. The highest BCUT2D eigenvalue weighted by Gasteiger charge is 2.58. The molecule has 0 heterocycles. The van der Waals surface area contributed by atoms with E-state index in [2.05, 4.69) is 0 Å². The van der Waals surface area contributed by atoms with E-state index in [4.69, 9.17) is 9.47 Å². The Morgan fingerprint density at radius 1 is 1.05 bits per heavy atom. The Morgan fingerprint density at radius 2 is 1.50 bits per heavy atom. The first kappa shape index (κ1) is 16.9. The van der Waals surface area contributed by atoms with Crippen LogP contribution in [0.3, 0.4) is 0 Å². The Morgan fingerprint density at radius 3 is 1.90 bits per heavy atom. The van der Waals surface area contributed by atoms with Gasteiger partial charge in [-0.05, 0) is 25.7 Å². The second-order valence-corrected chi connectivity index (χ2v) is 6.06. The van der Waals surface area contributed by atoms with Crippen LogP contribution in [0.4, 0.5) is 0 Å². The van der Waals surface area contributed by atoms with Crippen molar-refractivity contribution in [2.75, 3.05) is 0 Å². The first-order valence-electron chi connectivity index (χ1n) is 6.80. The van der Waals surface area contributed by atoms with Crippen LogP contribution in [-0.4, -0.2) is 45.6 Å². The Bertz CT molecular complexity index is 389. The fraction of sp³-hybridized carbons (Fsp3) is 0.857. The first-order valence-corrected chi connectivity index (χ1v) is 6.80. The number of aliphatic hydroxyl groups is 2. The van der Waals surface area contributed by atoms with Gasteiger partial charge in [0, 0.05) is 13.8 Å². The van der Waals surface area contributed by atoms with Crippen LogP contribution in [0.15, 0.2) is 0 Å². The Kier molecular flexibility index (Phi) is 4.82. The largest absolute Gasteiger partial charge is 0.455 e. The fourth-order valence-electron chi connectivity index (χ4n) is 2.65. The molecule has 0 aliphatic heterocycles. The van der Waals surface area contributed by atoms with Crippen molar-refractivity contribution < 1.29 is 29.3 Å². The fourth-order valence-corrected chi connectivity index (χ4v) is 2.65. The van der Waals surface area contributed by atoms with Gasteiger partial charge in [0.25, 0.3) is 0 Å². The summed E-state index contributed by atoms with van der Waals surface area (Å²) in [6, 6.07) is 0. The molecule has 0 saturated heterocycles. The minimum absolute atomic E-state index is 0.221. The number of carbonyl (C=O) groups is 2. The van der Waals surface area contributed by atoms with Crippen LogP contribution < -0.4 is 0 Å². The van der Waals surface area contributed by atoms with Crippen LogP contribution in [-0.2, 0) is 19.1 Å². The summed E-state index contributed by atoms with van der Waals surface area (Å²) < 4.78 is 10.3. The molecule has 0 amide bonds. The number of hydrogen-bond acceptors (Lipinski definition) is 6. The van der Waals surface area contributed by atoms with Crippen LogP contribution in [0.25, 0.3) is 0 Å². The highest BCUT2D eigenvalue weighted by Crippen LogP contribution is 2.42. The minimum atomic E-state index is -1.35. The van der Waals surface area contributed by atoms with E-state index in [-0.39, 0.29) is 18.8 Å². The van der Waals surface area contributed by atoms with Crippen LogP contribution in [0.1, 0.15) is 47.5 Å². The van der Waals surface area contributed by atoms with Gasteiger partial charge < -0.3 is 19.7 Å². The lowest BCUT2D eigenvalue weighted by atomic mass is 9.68. The molecule has 116 valence electrons. The molecule has 0 unspecified atom stereocenters. The van der Waals surface area contributed by atoms with Gasteiger partial charge in [-0.3, -0.25) is 9.59 Å². The van der Waals surface area contributed by atoms with Crippen LogP contribution >= 0.6 is 0 Å². The van der Waals surface area contributed by atoms with Gasteiger partial charge in [0.2, 0.25) is 0 Å². The Balaban J connectivity index is 3.20. The predicted molar refractivity (Wildman–Crippen MR) is 70.8 cm³/mol. The molecular weight excluding hydrogens is 264 g/mol. The molecule has 0 aromatic rings. The average molecular weight is 288 g/mol. The van der Waals surface area contributed by atoms with Gasteiger partial charge in [-0.15, -0.1) is 0 Å². The van der Waals surface area contributed by atoms with Crippen molar-refractivity contribution in [2.45, 2.75) is 70.9 Å². The number of esters is 2. The van der Waals surface area contributed by atoms with Crippen molar-refractivity contribution in [1.82, 2.24) is 0 Å². The topological polar surface area (TPSA) is 93.1 Å². The SMILES string of the molecule is CC(=O)O[C@H]1[C@H](OC(C)=O)[C@@](O)(C(C)C)CC[C@@]1(C)O. The lowest BCUT2D eigenvalue weighted by Gasteiger charge is -2.50. The third kappa shape index (κ3) is 3.30. The zero-order chi connectivity index (χ0) is 15.7. The van der Waals surface area contributed by atoms with Crippen molar-refractivity contribution in [3.63, 3.8) is 0 Å². The molecule has 6 nitrogen and oxygen atoms in total. The number of rotatable bonds is 3. The normalized spacial score (nSPS) is 37.6. The molecule has 0 aromatic heterocycles. The van der Waals surface area contributed by atoms with E-state index in [0.717, 1.165) is 0 Å². The van der Waals surface area contributed by atoms with Gasteiger partial charge in [0.05, 0.1) is 0 Å². The molecule has 1 aliphatic rings. The van der Waals surface area contributed by atoms with Gasteiger partial charge in [-0.2, -0.15) is 0 Å². The van der Waals surface area contributed by atoms with Gasteiger partial charge in [-0.1, -0.05) is 13.8 Å². The zero-order valence-corrected chi connectivity index (χ0v) is 12.7. The summed E-state index contributed by atoms with van der Waals surface area (Å²) in [5.41, 5.74) is -2.69. The third-order valence-electron chi connectivity index (χ3n) is 4.00. The van der Waals surface area contributed by atoms with Crippen molar-refractivity contribution in [3.05, 3.63) is 0 Å². The number of carbonyl (C=O) groups excluding carboxylic acids is 2. The third-order valence-corrected chi connectivity index (χ3v) is 4.00. The molecule has 0 spiro atoms. The van der Waals surface area contributed by atoms with Gasteiger partial charge in [0.1, 0.15) is 11.2 Å². The lowest BCUT2D eigenvalue weighted by molar-refractivity contribution is -0.248. The lowest BCUT2D eigenvalue weighted by Crippen LogP contribution is -2.66. The summed E-state index contributed by atoms with van der Waals surface area (Å²) in [7, 11) is 0. The highest BCUT2D eigenvalue weighted by molar-refractivity contribution is 5.67. The number of ether oxygens (including phenoxy) is 2. The van der Waals surface area contributed by atoms with Gasteiger partial charge in [0.15, 0.2) is 12.2 Å². The van der Waals surface area contributed by atoms with Crippen molar-refractivity contribution >= 4 is 11.9 Å². The van der Waals surface area contributed by atoms with E-state index in [9.17, 15) is 19.8 Å².